The van der Waals surface area contributed by atoms with Crippen molar-refractivity contribution < 1.29 is 23.4 Å². The zero-order chi connectivity index (χ0) is 18.4. The molecular formula is C19H22FNO4. The molecular weight excluding hydrogens is 325 g/mol. The summed E-state index contributed by atoms with van der Waals surface area (Å²) in [4.78, 5) is 14.1. The fraction of sp³-hybridized carbons (Fsp3) is 0.316. The maximum Gasteiger partial charge on any atom is 0.254 e. The van der Waals surface area contributed by atoms with Crippen LogP contribution in [0.4, 0.5) is 4.39 Å². The Morgan fingerprint density at radius 2 is 1.72 bits per heavy atom. The highest BCUT2D eigenvalue weighted by Gasteiger charge is 2.16. The lowest BCUT2D eigenvalue weighted by Crippen LogP contribution is -2.26. The number of ether oxygens (including phenoxy) is 3. The number of hydrogen-bond donors (Lipinski definition) is 0. The molecule has 0 aliphatic rings. The third-order valence-corrected chi connectivity index (χ3v) is 3.69. The summed E-state index contributed by atoms with van der Waals surface area (Å²) in [7, 11) is 4.59. The van der Waals surface area contributed by atoms with Gasteiger partial charge >= 0.3 is 0 Å². The van der Waals surface area contributed by atoms with Crippen LogP contribution in [0.2, 0.25) is 0 Å². The van der Waals surface area contributed by atoms with Gasteiger partial charge < -0.3 is 19.1 Å². The minimum absolute atomic E-state index is 0.175. The van der Waals surface area contributed by atoms with E-state index in [1.54, 1.807) is 37.4 Å². The molecule has 0 bridgehead atoms. The zero-order valence-corrected chi connectivity index (χ0v) is 14.8. The summed E-state index contributed by atoms with van der Waals surface area (Å²) < 4.78 is 29.4. The van der Waals surface area contributed by atoms with Crippen LogP contribution < -0.4 is 14.2 Å². The molecule has 0 heterocycles. The number of carbonyl (C=O) groups excluding carboxylic acids is 1. The van der Waals surface area contributed by atoms with Gasteiger partial charge in [-0.25, -0.2) is 4.39 Å². The molecule has 1 amide bonds. The first-order valence-corrected chi connectivity index (χ1v) is 7.88. The van der Waals surface area contributed by atoms with Crippen LogP contribution in [0.25, 0.3) is 0 Å². The number of halogens is 1. The minimum Gasteiger partial charge on any atom is -0.494 e. The smallest absolute Gasteiger partial charge is 0.254 e. The van der Waals surface area contributed by atoms with Gasteiger partial charge in [-0.15, -0.1) is 0 Å². The molecule has 0 spiro atoms. The van der Waals surface area contributed by atoms with E-state index in [1.165, 1.54) is 25.2 Å². The SMILES string of the molecule is CCOc1ccc(C(=O)N(C)Cc2ccc(OC)c(F)c2)cc1OC. The number of carbonyl (C=O) groups is 1. The topological polar surface area (TPSA) is 48.0 Å². The average molecular weight is 347 g/mol. The van der Waals surface area contributed by atoms with E-state index in [0.717, 1.165) is 0 Å². The first-order valence-electron chi connectivity index (χ1n) is 7.88. The monoisotopic (exact) mass is 347 g/mol. The van der Waals surface area contributed by atoms with Crippen molar-refractivity contribution in [1.29, 1.82) is 0 Å². The van der Waals surface area contributed by atoms with E-state index >= 15 is 0 Å². The summed E-state index contributed by atoms with van der Waals surface area (Å²) in [6, 6.07) is 9.66. The Bertz CT molecular complexity index is 748. The Morgan fingerprint density at radius 3 is 2.32 bits per heavy atom. The van der Waals surface area contributed by atoms with Gasteiger partial charge in [-0.2, -0.15) is 0 Å². The van der Waals surface area contributed by atoms with Gasteiger partial charge in [0.25, 0.3) is 5.91 Å². The minimum atomic E-state index is -0.455. The lowest BCUT2D eigenvalue weighted by molar-refractivity contribution is 0.0784. The molecule has 134 valence electrons. The van der Waals surface area contributed by atoms with Crippen molar-refractivity contribution in [3.63, 3.8) is 0 Å². The van der Waals surface area contributed by atoms with Crippen molar-refractivity contribution >= 4 is 5.91 Å². The molecule has 0 radical (unpaired) electrons. The molecule has 0 saturated heterocycles. The van der Waals surface area contributed by atoms with Crippen LogP contribution in [0.3, 0.4) is 0 Å². The molecule has 2 aromatic carbocycles. The van der Waals surface area contributed by atoms with Crippen molar-refractivity contribution in [3.8, 4) is 17.2 Å². The standard InChI is InChI=1S/C19H22FNO4/c1-5-25-17-9-7-14(11-18(17)24-4)19(22)21(2)12-13-6-8-16(23-3)15(20)10-13/h6-11H,5,12H2,1-4H3. The van der Waals surface area contributed by atoms with Crippen LogP contribution in [0.15, 0.2) is 36.4 Å². The molecule has 0 atom stereocenters. The van der Waals surface area contributed by atoms with Gasteiger partial charge in [0.2, 0.25) is 0 Å². The quantitative estimate of drug-likeness (QED) is 0.769. The van der Waals surface area contributed by atoms with Gasteiger partial charge in [-0.3, -0.25) is 4.79 Å². The van der Waals surface area contributed by atoms with E-state index in [9.17, 15) is 9.18 Å². The number of benzene rings is 2. The van der Waals surface area contributed by atoms with Gasteiger partial charge in [-0.1, -0.05) is 6.07 Å². The summed E-state index contributed by atoms with van der Waals surface area (Å²) >= 11 is 0. The Hall–Kier alpha value is -2.76. The molecule has 0 saturated carbocycles. The molecule has 0 unspecified atom stereocenters. The normalized spacial score (nSPS) is 10.3. The second-order valence-corrected chi connectivity index (χ2v) is 5.43. The second-order valence-electron chi connectivity index (χ2n) is 5.43. The fourth-order valence-corrected chi connectivity index (χ4v) is 2.45. The number of hydrogen-bond acceptors (Lipinski definition) is 4. The van der Waals surface area contributed by atoms with E-state index in [2.05, 4.69) is 0 Å². The molecule has 0 aliphatic carbocycles. The van der Waals surface area contributed by atoms with Gasteiger partial charge in [0.05, 0.1) is 20.8 Å². The lowest BCUT2D eigenvalue weighted by atomic mass is 10.1. The summed E-state index contributed by atoms with van der Waals surface area (Å²) in [5, 5.41) is 0. The van der Waals surface area contributed by atoms with Crippen LogP contribution in [-0.4, -0.2) is 38.7 Å². The first kappa shape index (κ1) is 18.6. The van der Waals surface area contributed by atoms with Crippen molar-refractivity contribution in [2.75, 3.05) is 27.9 Å². The highest BCUT2D eigenvalue weighted by atomic mass is 19.1. The second kappa shape index (κ2) is 8.37. The molecule has 25 heavy (non-hydrogen) atoms. The van der Waals surface area contributed by atoms with Gasteiger partial charge in [-0.05, 0) is 42.8 Å². The van der Waals surface area contributed by atoms with E-state index in [1.807, 2.05) is 6.92 Å². The van der Waals surface area contributed by atoms with Crippen LogP contribution in [0.5, 0.6) is 17.2 Å². The number of nitrogens with zero attached hydrogens (tertiary/aromatic N) is 1. The summed E-state index contributed by atoms with van der Waals surface area (Å²) in [5.74, 6) is 0.605. The fourth-order valence-electron chi connectivity index (χ4n) is 2.45. The van der Waals surface area contributed by atoms with Crippen molar-refractivity contribution in [2.24, 2.45) is 0 Å². The Balaban J connectivity index is 2.15. The summed E-state index contributed by atoms with van der Waals surface area (Å²) in [5.41, 5.74) is 1.14. The third kappa shape index (κ3) is 4.41. The predicted octanol–water partition coefficient (Wildman–Crippen LogP) is 3.51. The average Bonchev–Trinajstić information content (AvgIpc) is 2.61. The summed E-state index contributed by atoms with van der Waals surface area (Å²) in [6.07, 6.45) is 0. The maximum absolute atomic E-state index is 13.8. The van der Waals surface area contributed by atoms with Crippen LogP contribution in [0, 0.1) is 5.82 Å². The van der Waals surface area contributed by atoms with E-state index in [0.29, 0.717) is 29.2 Å². The van der Waals surface area contributed by atoms with Gasteiger partial charge in [0, 0.05) is 19.2 Å². The first-order chi connectivity index (χ1) is 12.0. The molecule has 0 aromatic heterocycles. The molecule has 0 fully saturated rings. The Labute approximate surface area is 146 Å². The van der Waals surface area contributed by atoms with Gasteiger partial charge in [0.15, 0.2) is 23.1 Å². The van der Waals surface area contributed by atoms with Crippen LogP contribution in [-0.2, 0) is 6.54 Å². The highest BCUT2D eigenvalue weighted by Crippen LogP contribution is 2.28. The van der Waals surface area contributed by atoms with E-state index in [-0.39, 0.29) is 18.2 Å². The van der Waals surface area contributed by atoms with Crippen LogP contribution >= 0.6 is 0 Å². The Kier molecular flexibility index (Phi) is 6.22. The number of amides is 1. The number of rotatable bonds is 7. The molecule has 6 heteroatoms. The molecule has 2 aromatic rings. The lowest BCUT2D eigenvalue weighted by Gasteiger charge is -2.19. The molecule has 2 rings (SSSR count). The molecule has 5 nitrogen and oxygen atoms in total. The zero-order valence-electron chi connectivity index (χ0n) is 14.8. The third-order valence-electron chi connectivity index (χ3n) is 3.69. The number of methoxy groups -OCH3 is 2. The predicted molar refractivity (Wildman–Crippen MR) is 92.9 cm³/mol. The van der Waals surface area contributed by atoms with Crippen molar-refractivity contribution in [3.05, 3.63) is 53.3 Å². The van der Waals surface area contributed by atoms with Crippen molar-refractivity contribution in [1.82, 2.24) is 4.90 Å². The van der Waals surface area contributed by atoms with Crippen molar-refractivity contribution in [2.45, 2.75) is 13.5 Å². The van der Waals surface area contributed by atoms with Crippen LogP contribution in [0.1, 0.15) is 22.8 Å². The molecule has 0 aliphatic heterocycles. The largest absolute Gasteiger partial charge is 0.494 e. The maximum atomic E-state index is 13.8. The highest BCUT2D eigenvalue weighted by molar-refractivity contribution is 5.94. The van der Waals surface area contributed by atoms with E-state index < -0.39 is 5.82 Å². The molecule has 0 N–H and O–H groups in total. The summed E-state index contributed by atoms with van der Waals surface area (Å²) in [6.45, 7) is 2.65. The van der Waals surface area contributed by atoms with Gasteiger partial charge in [0.1, 0.15) is 0 Å². The Morgan fingerprint density at radius 1 is 1.04 bits per heavy atom. The van der Waals surface area contributed by atoms with E-state index in [4.69, 9.17) is 14.2 Å².